The summed E-state index contributed by atoms with van der Waals surface area (Å²) >= 11 is 0. The summed E-state index contributed by atoms with van der Waals surface area (Å²) < 4.78 is 13.2. The summed E-state index contributed by atoms with van der Waals surface area (Å²) in [6.07, 6.45) is 10.2. The molecule has 2 aromatic carbocycles. The third kappa shape index (κ3) is 2.51. The molecule has 1 spiro atoms. The van der Waals surface area contributed by atoms with E-state index in [4.69, 9.17) is 9.47 Å². The molecule has 2 aromatic rings. The molecule has 0 amide bonds. The zero-order valence-electron chi connectivity index (χ0n) is 19.9. The monoisotopic (exact) mass is 457 g/mol. The van der Waals surface area contributed by atoms with E-state index in [1.54, 1.807) is 0 Å². The van der Waals surface area contributed by atoms with Gasteiger partial charge < -0.3 is 14.6 Å². The Morgan fingerprint density at radius 3 is 2.71 bits per heavy atom. The Kier molecular flexibility index (Phi) is 4.16. The van der Waals surface area contributed by atoms with Gasteiger partial charge in [-0.05, 0) is 80.5 Å². The fourth-order valence-electron chi connectivity index (χ4n) is 8.90. The lowest BCUT2D eigenvalue weighted by Crippen LogP contribution is -2.75. The second kappa shape index (κ2) is 7.01. The minimum absolute atomic E-state index is 0.0176. The van der Waals surface area contributed by atoms with Gasteiger partial charge in [0.1, 0.15) is 12.2 Å². The Morgan fingerprint density at radius 1 is 1.06 bits per heavy atom. The van der Waals surface area contributed by atoms with Gasteiger partial charge in [0.2, 0.25) is 0 Å². The summed E-state index contributed by atoms with van der Waals surface area (Å²) in [5, 5.41) is 10.8. The van der Waals surface area contributed by atoms with Gasteiger partial charge in [-0.3, -0.25) is 4.90 Å². The van der Waals surface area contributed by atoms with E-state index in [1.165, 1.54) is 55.3 Å². The van der Waals surface area contributed by atoms with Crippen LogP contribution in [0.3, 0.4) is 0 Å². The summed E-state index contributed by atoms with van der Waals surface area (Å²) in [5.74, 6) is 2.60. The molecule has 2 bridgehead atoms. The van der Waals surface area contributed by atoms with Crippen LogP contribution in [0, 0.1) is 17.3 Å². The first-order valence-corrected chi connectivity index (χ1v) is 13.6. The lowest BCUT2D eigenvalue weighted by Gasteiger charge is -2.67. The maximum Gasteiger partial charge on any atom is 0.165 e. The van der Waals surface area contributed by atoms with Crippen LogP contribution in [0.4, 0.5) is 0 Å². The molecule has 6 atom stereocenters. The van der Waals surface area contributed by atoms with Crippen molar-refractivity contribution in [3.8, 4) is 11.5 Å². The fourth-order valence-corrected chi connectivity index (χ4v) is 8.90. The Labute approximate surface area is 202 Å². The highest BCUT2D eigenvalue weighted by Crippen LogP contribution is 2.69. The number of phenols is 1. The summed E-state index contributed by atoms with van der Waals surface area (Å²) in [7, 11) is 0. The smallest absolute Gasteiger partial charge is 0.165 e. The van der Waals surface area contributed by atoms with Crippen molar-refractivity contribution < 1.29 is 14.6 Å². The minimum Gasteiger partial charge on any atom is -0.504 e. The number of rotatable bonds is 5. The van der Waals surface area contributed by atoms with Gasteiger partial charge in [-0.1, -0.05) is 42.8 Å². The fraction of sp³-hybridized carbons (Fsp3) is 0.600. The highest BCUT2D eigenvalue weighted by atomic mass is 16.6. The Hall–Kier alpha value is -2.04. The molecular weight excluding hydrogens is 422 g/mol. The predicted molar refractivity (Wildman–Crippen MR) is 130 cm³/mol. The molecule has 178 valence electrons. The van der Waals surface area contributed by atoms with Gasteiger partial charge in [0.25, 0.3) is 0 Å². The molecule has 4 unspecified atom stereocenters. The van der Waals surface area contributed by atoms with Gasteiger partial charge >= 0.3 is 0 Å². The lowest BCUT2D eigenvalue weighted by molar-refractivity contribution is -0.280. The summed E-state index contributed by atoms with van der Waals surface area (Å²) in [5.41, 5.74) is 4.42. The Morgan fingerprint density at radius 2 is 1.94 bits per heavy atom. The number of ether oxygens (including phenoxy) is 2. The summed E-state index contributed by atoms with van der Waals surface area (Å²) in [6, 6.07) is 15.6. The first-order chi connectivity index (χ1) is 16.7. The quantitative estimate of drug-likeness (QED) is 0.696. The largest absolute Gasteiger partial charge is 0.504 e. The van der Waals surface area contributed by atoms with Crippen molar-refractivity contribution in [2.75, 3.05) is 19.7 Å². The number of aryl methyl sites for hydroxylation is 1. The molecule has 34 heavy (non-hydrogen) atoms. The Bertz CT molecular complexity index is 1130. The summed E-state index contributed by atoms with van der Waals surface area (Å²) in [6.45, 7) is 3.30. The zero-order valence-corrected chi connectivity index (χ0v) is 19.9. The van der Waals surface area contributed by atoms with Gasteiger partial charge in [0, 0.05) is 29.0 Å². The highest BCUT2D eigenvalue weighted by molar-refractivity contribution is 5.61. The van der Waals surface area contributed by atoms with Gasteiger partial charge in [-0.25, -0.2) is 0 Å². The van der Waals surface area contributed by atoms with Gasteiger partial charge in [-0.2, -0.15) is 0 Å². The number of hydrogen-bond acceptors (Lipinski definition) is 4. The van der Waals surface area contributed by atoms with Crippen molar-refractivity contribution >= 4 is 0 Å². The second-order valence-corrected chi connectivity index (χ2v) is 12.2. The molecule has 2 saturated carbocycles. The maximum absolute atomic E-state index is 10.8. The minimum atomic E-state index is 0.0176. The van der Waals surface area contributed by atoms with Crippen molar-refractivity contribution in [2.45, 2.75) is 75.0 Å². The first kappa shape index (κ1) is 20.2. The van der Waals surface area contributed by atoms with Crippen molar-refractivity contribution in [1.82, 2.24) is 4.90 Å². The number of likely N-dealkylation sites (tertiary alicyclic amines) is 1. The zero-order chi connectivity index (χ0) is 22.5. The van der Waals surface area contributed by atoms with Crippen LogP contribution in [0.5, 0.6) is 11.5 Å². The highest BCUT2D eigenvalue weighted by Gasteiger charge is 2.73. The molecule has 4 nitrogen and oxygen atoms in total. The van der Waals surface area contributed by atoms with Crippen LogP contribution >= 0.6 is 0 Å². The number of aromatic hydroxyl groups is 1. The normalized spacial score (nSPS) is 39.4. The molecule has 3 aliphatic heterocycles. The van der Waals surface area contributed by atoms with E-state index in [-0.39, 0.29) is 23.0 Å². The van der Waals surface area contributed by atoms with Crippen LogP contribution in [-0.4, -0.2) is 48.0 Å². The number of hydrogen-bond donors (Lipinski definition) is 1. The van der Waals surface area contributed by atoms with E-state index in [9.17, 15) is 5.11 Å². The van der Waals surface area contributed by atoms with Crippen LogP contribution < -0.4 is 4.74 Å². The third-order valence-corrected chi connectivity index (χ3v) is 10.8. The SMILES string of the molecule is Oc1ccc2c3c1OC1[C@H]4OC[C@@]4(CCc4ccccc4)CC4C(C2)N(CC2CCC2)CCC341. The molecule has 4 fully saturated rings. The van der Waals surface area contributed by atoms with E-state index < -0.39 is 0 Å². The third-order valence-electron chi connectivity index (χ3n) is 10.8. The molecule has 6 aliphatic rings. The number of benzene rings is 2. The van der Waals surface area contributed by atoms with Crippen molar-refractivity contribution in [3.05, 3.63) is 59.2 Å². The first-order valence-electron chi connectivity index (χ1n) is 13.6. The van der Waals surface area contributed by atoms with Crippen LogP contribution in [0.1, 0.15) is 55.2 Å². The van der Waals surface area contributed by atoms with Gasteiger partial charge in [0.15, 0.2) is 11.5 Å². The number of fused-ring (bicyclic) bond motifs is 2. The van der Waals surface area contributed by atoms with Crippen LogP contribution in [0.15, 0.2) is 42.5 Å². The molecular formula is C30H35NO3. The van der Waals surface area contributed by atoms with E-state index in [0.29, 0.717) is 17.7 Å². The molecule has 2 saturated heterocycles. The second-order valence-electron chi connectivity index (χ2n) is 12.2. The van der Waals surface area contributed by atoms with Crippen LogP contribution in [-0.2, 0) is 23.0 Å². The van der Waals surface area contributed by atoms with Gasteiger partial charge in [-0.15, -0.1) is 0 Å². The van der Waals surface area contributed by atoms with E-state index in [2.05, 4.69) is 41.3 Å². The molecule has 4 heteroatoms. The van der Waals surface area contributed by atoms with Crippen LogP contribution in [0.2, 0.25) is 0 Å². The molecule has 8 rings (SSSR count). The molecule has 3 aliphatic carbocycles. The average Bonchev–Trinajstić information content (AvgIpc) is 3.14. The van der Waals surface area contributed by atoms with Crippen molar-refractivity contribution in [1.29, 1.82) is 0 Å². The number of piperidine rings is 1. The predicted octanol–water partition coefficient (Wildman–Crippen LogP) is 4.86. The van der Waals surface area contributed by atoms with Crippen molar-refractivity contribution in [2.24, 2.45) is 17.3 Å². The molecule has 0 radical (unpaired) electrons. The average molecular weight is 458 g/mol. The van der Waals surface area contributed by atoms with Gasteiger partial charge in [0.05, 0.1) is 6.61 Å². The van der Waals surface area contributed by atoms with E-state index in [0.717, 1.165) is 44.1 Å². The van der Waals surface area contributed by atoms with Crippen molar-refractivity contribution in [3.63, 3.8) is 0 Å². The number of nitrogens with zero attached hydrogens (tertiary/aromatic N) is 1. The summed E-state index contributed by atoms with van der Waals surface area (Å²) in [4.78, 5) is 2.87. The molecule has 1 N–H and O–H groups in total. The van der Waals surface area contributed by atoms with E-state index in [1.807, 2.05) is 6.07 Å². The van der Waals surface area contributed by atoms with Crippen LogP contribution in [0.25, 0.3) is 0 Å². The maximum atomic E-state index is 10.8. The topological polar surface area (TPSA) is 41.9 Å². The Balaban J connectivity index is 1.20. The standard InChI is InChI=1S/C30H35NO3/c32-24-10-9-21-15-23-22-16-29(12-11-19-5-2-1-3-6-19)18-33-27(29)28-30(22,25(21)26(24)34-28)13-14-31(23)17-20-7-4-8-20/h1-3,5-6,9-10,20,22-23,27-28,32H,4,7-8,11-18H2/t22?,23?,27-,28?,29-,30?/m1/s1. The number of phenolic OH excluding ortho intramolecular Hbond substituents is 1. The van der Waals surface area contributed by atoms with E-state index >= 15 is 0 Å². The lowest BCUT2D eigenvalue weighted by atomic mass is 9.45. The molecule has 3 heterocycles. The molecule has 0 aromatic heterocycles.